The lowest BCUT2D eigenvalue weighted by atomic mass is 9.54. The van der Waals surface area contributed by atoms with Crippen molar-refractivity contribution >= 4 is 28.1 Å². The van der Waals surface area contributed by atoms with E-state index in [2.05, 4.69) is 37.1 Å². The largest absolute Gasteiger partial charge is 0.508 e. The summed E-state index contributed by atoms with van der Waals surface area (Å²) in [6, 6.07) is 6.05. The highest BCUT2D eigenvalue weighted by atomic mass is 32.1. The van der Waals surface area contributed by atoms with Crippen LogP contribution < -0.4 is 5.32 Å². The molecule has 5 rings (SSSR count). The number of aromatic nitrogens is 1. The Kier molecular flexibility index (Phi) is 7.26. The zero-order valence-corrected chi connectivity index (χ0v) is 23.0. The van der Waals surface area contributed by atoms with Gasteiger partial charge in [-0.1, -0.05) is 26.8 Å². The van der Waals surface area contributed by atoms with Crippen LogP contribution in [-0.2, 0) is 11.2 Å². The Balaban J connectivity index is 1.33. The van der Waals surface area contributed by atoms with Crippen LogP contribution in [-0.4, -0.2) is 28.3 Å². The normalized spacial score (nSPS) is 30.2. The molecule has 1 aromatic carbocycles. The number of hydrogen-bond acceptors (Lipinski definition) is 5. The molecule has 0 aliphatic heterocycles. The lowest BCUT2D eigenvalue weighted by Crippen LogP contribution is -2.44. The molecule has 2 fully saturated rings. The molecule has 2 N–H and O–H groups in total. The van der Waals surface area contributed by atoms with E-state index in [1.165, 1.54) is 47.4 Å². The molecule has 6 heteroatoms. The van der Waals surface area contributed by atoms with E-state index >= 15 is 0 Å². The summed E-state index contributed by atoms with van der Waals surface area (Å²) in [6.07, 6.45) is 10.1. The molecule has 1 aromatic heterocycles. The third-order valence-corrected chi connectivity index (χ3v) is 9.91. The van der Waals surface area contributed by atoms with Crippen molar-refractivity contribution in [3.63, 3.8) is 0 Å². The molecule has 5 atom stereocenters. The first-order valence-electron chi connectivity index (χ1n) is 13.8. The van der Waals surface area contributed by atoms with Crippen molar-refractivity contribution in [1.29, 1.82) is 0 Å². The molecular weight excluding hydrogens is 466 g/mol. The third kappa shape index (κ3) is 4.98. The average molecular weight is 508 g/mol. The molecule has 0 spiro atoms. The maximum Gasteiger partial charge on any atom is 0.226 e. The Hall–Kier alpha value is -2.21. The number of nitrogens with one attached hydrogen (secondary N) is 1. The van der Waals surface area contributed by atoms with Crippen molar-refractivity contribution in [1.82, 2.24) is 4.98 Å². The van der Waals surface area contributed by atoms with E-state index in [9.17, 15) is 9.90 Å². The van der Waals surface area contributed by atoms with Crippen molar-refractivity contribution in [2.75, 3.05) is 11.9 Å². The van der Waals surface area contributed by atoms with Crippen LogP contribution in [0, 0.1) is 36.0 Å². The van der Waals surface area contributed by atoms with E-state index in [0.717, 1.165) is 37.1 Å². The first kappa shape index (κ1) is 25.4. The minimum absolute atomic E-state index is 0.0757. The van der Waals surface area contributed by atoms with E-state index in [1.807, 2.05) is 19.1 Å². The van der Waals surface area contributed by atoms with Crippen LogP contribution in [0.15, 0.2) is 29.4 Å². The smallest absolute Gasteiger partial charge is 0.226 e. The molecule has 3 aliphatic rings. The number of rotatable bonds is 7. The van der Waals surface area contributed by atoms with Gasteiger partial charge in [0.25, 0.3) is 0 Å². The number of nitrogens with zero attached hydrogens (tertiary/aromatic N) is 2. The second-order valence-electron chi connectivity index (χ2n) is 12.0. The number of anilines is 1. The molecule has 36 heavy (non-hydrogen) atoms. The summed E-state index contributed by atoms with van der Waals surface area (Å²) in [4.78, 5) is 23.2. The topological polar surface area (TPSA) is 74.6 Å². The van der Waals surface area contributed by atoms with Gasteiger partial charge in [0.1, 0.15) is 5.75 Å². The van der Waals surface area contributed by atoms with Gasteiger partial charge in [-0.2, -0.15) is 0 Å². The number of benzene rings is 1. The number of fused-ring (bicyclic) bond motifs is 5. The van der Waals surface area contributed by atoms with Gasteiger partial charge in [-0.3, -0.25) is 9.79 Å². The van der Waals surface area contributed by atoms with E-state index < -0.39 is 0 Å². The van der Waals surface area contributed by atoms with Crippen molar-refractivity contribution in [2.45, 2.75) is 85.0 Å². The van der Waals surface area contributed by atoms with Crippen molar-refractivity contribution in [3.05, 3.63) is 40.4 Å². The highest BCUT2D eigenvalue weighted by Crippen LogP contribution is 2.62. The summed E-state index contributed by atoms with van der Waals surface area (Å²) in [7, 11) is 0. The standard InChI is InChI=1S/C30H41N3O2S/c1-18(2)16-31-26-15-21(6-5-7-27(35)33-29-32-17-19(3)36-29)28-25-10-8-20-14-22(34)9-11-23(20)24(25)12-13-30(26,28)4/h9,11,14,17-18,21,24-25,28,34H,5-8,10,12-13,15-16H2,1-4H3,(H,32,33,35)/t21-,24?,25?,28?,30-/m1/s1. The average Bonchev–Trinajstić information content (AvgIpc) is 3.36. The monoisotopic (exact) mass is 507 g/mol. The molecule has 0 bridgehead atoms. The Morgan fingerprint density at radius 2 is 2.17 bits per heavy atom. The Labute approximate surface area is 219 Å². The summed E-state index contributed by atoms with van der Waals surface area (Å²) in [5.41, 5.74) is 4.44. The van der Waals surface area contributed by atoms with Crippen molar-refractivity contribution in [2.24, 2.45) is 34.1 Å². The predicted molar refractivity (Wildman–Crippen MR) is 148 cm³/mol. The molecule has 194 valence electrons. The van der Waals surface area contributed by atoms with Gasteiger partial charge < -0.3 is 10.4 Å². The van der Waals surface area contributed by atoms with Gasteiger partial charge in [-0.15, -0.1) is 11.3 Å². The number of aliphatic imine (C=N–C) groups is 1. The van der Waals surface area contributed by atoms with E-state index in [0.29, 0.717) is 46.9 Å². The molecule has 2 aromatic rings. The fourth-order valence-electron chi connectivity index (χ4n) is 7.57. The molecule has 1 heterocycles. The Bertz CT molecular complexity index is 1140. The molecule has 5 nitrogen and oxygen atoms in total. The second kappa shape index (κ2) is 10.3. The minimum Gasteiger partial charge on any atom is -0.508 e. The zero-order chi connectivity index (χ0) is 25.4. The van der Waals surface area contributed by atoms with E-state index in [4.69, 9.17) is 4.99 Å². The van der Waals surface area contributed by atoms with Gasteiger partial charge >= 0.3 is 0 Å². The van der Waals surface area contributed by atoms with Gasteiger partial charge in [0.2, 0.25) is 5.91 Å². The van der Waals surface area contributed by atoms with Crippen LogP contribution in [0.4, 0.5) is 5.13 Å². The van der Waals surface area contributed by atoms with E-state index in [1.54, 1.807) is 6.20 Å². The zero-order valence-electron chi connectivity index (χ0n) is 22.2. The minimum atomic E-state index is 0.0757. The Morgan fingerprint density at radius 3 is 2.92 bits per heavy atom. The van der Waals surface area contributed by atoms with Crippen LogP contribution in [0.2, 0.25) is 0 Å². The lowest BCUT2D eigenvalue weighted by molar-refractivity contribution is -0.116. The number of phenols is 1. The molecule has 1 amide bonds. The number of phenolic OH excluding ortho intramolecular Hbond substituents is 1. The SMILES string of the molecule is Cc1cnc(NC(=O)CCC[C@@H]2CC(=NCC(C)C)[C@@]3(C)CCC4c5ccc(O)cc5CCC4C23)s1. The number of aromatic hydroxyl groups is 1. The first-order chi connectivity index (χ1) is 17.2. The van der Waals surface area contributed by atoms with Gasteiger partial charge in [0, 0.05) is 35.2 Å². The third-order valence-electron chi connectivity index (χ3n) is 9.08. The van der Waals surface area contributed by atoms with Crippen LogP contribution in [0.5, 0.6) is 5.75 Å². The fraction of sp³-hybridized carbons (Fsp3) is 0.633. The fourth-order valence-corrected chi connectivity index (χ4v) is 8.25. The predicted octanol–water partition coefficient (Wildman–Crippen LogP) is 7.15. The van der Waals surface area contributed by atoms with Crippen molar-refractivity contribution < 1.29 is 9.90 Å². The highest BCUT2D eigenvalue weighted by molar-refractivity contribution is 7.15. The number of hydrogen-bond donors (Lipinski definition) is 2. The number of aryl methyl sites for hydroxylation is 2. The highest BCUT2D eigenvalue weighted by Gasteiger charge is 2.57. The molecule has 0 saturated heterocycles. The molecule has 2 saturated carbocycles. The summed E-state index contributed by atoms with van der Waals surface area (Å²) >= 11 is 1.53. The van der Waals surface area contributed by atoms with Crippen LogP contribution in [0.25, 0.3) is 0 Å². The molecule has 3 unspecified atom stereocenters. The van der Waals surface area contributed by atoms with Gasteiger partial charge in [-0.25, -0.2) is 4.98 Å². The van der Waals surface area contributed by atoms with Crippen LogP contribution >= 0.6 is 11.3 Å². The molecule has 0 radical (unpaired) electrons. The summed E-state index contributed by atoms with van der Waals surface area (Å²) in [5.74, 6) is 3.48. The quantitative estimate of drug-likeness (QED) is 0.418. The molecule has 3 aliphatic carbocycles. The van der Waals surface area contributed by atoms with Crippen LogP contribution in [0.3, 0.4) is 0 Å². The van der Waals surface area contributed by atoms with Crippen LogP contribution in [0.1, 0.15) is 87.6 Å². The molecular formula is C30H41N3O2S. The summed E-state index contributed by atoms with van der Waals surface area (Å²) < 4.78 is 0. The van der Waals surface area contributed by atoms with Crippen molar-refractivity contribution in [3.8, 4) is 5.75 Å². The maximum absolute atomic E-state index is 12.6. The van der Waals surface area contributed by atoms with Gasteiger partial charge in [0.15, 0.2) is 5.13 Å². The lowest BCUT2D eigenvalue weighted by Gasteiger charge is -2.50. The summed E-state index contributed by atoms with van der Waals surface area (Å²) in [5, 5.41) is 13.7. The number of thiazole rings is 1. The first-order valence-corrected chi connectivity index (χ1v) is 14.6. The van der Waals surface area contributed by atoms with E-state index in [-0.39, 0.29) is 11.3 Å². The maximum atomic E-state index is 12.6. The summed E-state index contributed by atoms with van der Waals surface area (Å²) in [6.45, 7) is 9.92. The Morgan fingerprint density at radius 1 is 1.33 bits per heavy atom. The second-order valence-corrected chi connectivity index (χ2v) is 13.3. The van der Waals surface area contributed by atoms with Gasteiger partial charge in [-0.05, 0) is 105 Å². The van der Waals surface area contributed by atoms with Gasteiger partial charge in [0.05, 0.1) is 0 Å². The number of carbonyl (C=O) groups excluding carboxylic acids is 1. The number of amides is 1. The number of carbonyl (C=O) groups is 1.